The molecule has 150 heavy (non-hydrogen) atoms. The summed E-state index contributed by atoms with van der Waals surface area (Å²) in [5, 5.41) is 33.3. The van der Waals surface area contributed by atoms with Crippen LogP contribution in [0.3, 0.4) is 0 Å². The number of carbonyl (C=O) groups excluding carboxylic acids is 2. The first-order valence-corrected chi connectivity index (χ1v) is 60.3. The van der Waals surface area contributed by atoms with Crippen LogP contribution < -0.4 is 19.3 Å². The highest BCUT2D eigenvalue weighted by atomic mass is 16.6. The number of rotatable bonds is 56. The van der Waals surface area contributed by atoms with Crippen LogP contribution in [0.4, 0.5) is 11.4 Å². The maximum atomic E-state index is 13.5. The maximum absolute atomic E-state index is 13.5. The summed E-state index contributed by atoms with van der Waals surface area (Å²) >= 11 is 0. The van der Waals surface area contributed by atoms with Crippen LogP contribution in [0, 0.1) is 71.0 Å². The number of esters is 2. The third-order valence-electron chi connectivity index (χ3n) is 36.9. The molecule has 2 aliphatic heterocycles. The van der Waals surface area contributed by atoms with Crippen molar-refractivity contribution >= 4 is 153 Å². The van der Waals surface area contributed by atoms with Gasteiger partial charge in [0.25, 0.3) is 0 Å². The summed E-state index contributed by atoms with van der Waals surface area (Å²) in [7, 11) is 0. The fourth-order valence-electron chi connectivity index (χ4n) is 29.1. The molecule has 4 aliphatic carbocycles. The zero-order valence-corrected chi connectivity index (χ0v) is 90.6. The smallest absolute Gasteiger partial charge is 0.338 e. The fraction of sp³-hybridized carbons (Fsp3) is 0.465. The van der Waals surface area contributed by atoms with E-state index in [2.05, 4.69) is 207 Å². The van der Waals surface area contributed by atoms with E-state index in [1.807, 2.05) is 48.5 Å². The Morgan fingerprint density at radius 3 is 0.687 bits per heavy atom. The average Bonchev–Trinajstić information content (AvgIpc) is 0.768. The molecule has 0 aromatic heterocycles. The average molecular weight is 1990 g/mol. The Morgan fingerprint density at radius 1 is 0.240 bits per heavy atom. The van der Waals surface area contributed by atoms with Crippen LogP contribution in [0.1, 0.15) is 363 Å². The number of anilines is 2. The molecule has 0 unspecified atom stereocenters. The summed E-state index contributed by atoms with van der Waals surface area (Å²) in [6.45, 7) is 14.5. The number of aryl methyl sites for hydroxylation is 4. The van der Waals surface area contributed by atoms with E-state index in [0.29, 0.717) is 22.6 Å². The largest absolute Gasteiger partial charge is 0.490 e. The van der Waals surface area contributed by atoms with Crippen LogP contribution in [-0.2, 0) is 35.2 Å². The Kier molecular flexibility index (Phi) is 31.9. The topological polar surface area (TPSA) is 77.5 Å². The minimum Gasteiger partial charge on any atom is -0.490 e. The number of carbonyl (C=O) groups is 2. The van der Waals surface area contributed by atoms with Crippen molar-refractivity contribution in [2.45, 2.75) is 323 Å². The molecule has 4 fully saturated rings. The predicted octanol–water partition coefficient (Wildman–Crippen LogP) is 37.8. The molecular weight excluding hydrogens is 1830 g/mol. The Hall–Kier alpha value is -11.8. The number of benzene rings is 17. The van der Waals surface area contributed by atoms with Crippen molar-refractivity contribution in [3.63, 3.8) is 0 Å². The summed E-state index contributed by atoms with van der Waals surface area (Å²) in [4.78, 5) is 32.1. The second-order valence-electron chi connectivity index (χ2n) is 47.1. The van der Waals surface area contributed by atoms with Crippen molar-refractivity contribution in [2.24, 2.45) is 47.3 Å². The number of hydrogen-bond acceptors (Lipinski definition) is 8. The SMILES string of the molecule is CCCCCCCCCCCCc1cc2c3cc(C#Cc4ccc(OCCOC(=O)c5ccc(N6C[C@@H]7[C@H](C6)[C@@H]6C=C[C@H]7C6)cc5)cc4)cc4c5cc(CCCCCCCCCCCC)cc6c7cc(CCCCCCCCCCCC)cc8c9cc(C#Cc%10ccc(OCCOC(=O)c%11ccc(N%12C[C@@H]%13[C@H](C%12)[C@@H]%12C=C[C@H]%13C%12)cc%11)cc%10)cc%10c%11cc(CCCCCCCCCCCC)cc%12c(c1)c2c1c(c34)c(c56)c(c87)c(c%109)c1c%11%12. The lowest BCUT2D eigenvalue weighted by Crippen LogP contribution is -2.22. The van der Waals surface area contributed by atoms with Gasteiger partial charge in [-0.15, -0.1) is 0 Å². The van der Waals surface area contributed by atoms with Crippen molar-refractivity contribution in [3.05, 3.63) is 250 Å². The van der Waals surface area contributed by atoms with E-state index in [4.69, 9.17) is 18.9 Å². The first-order chi connectivity index (χ1) is 74.1. The van der Waals surface area contributed by atoms with Crippen LogP contribution in [-0.4, -0.2) is 64.5 Å². The molecule has 8 nitrogen and oxygen atoms in total. The molecule has 2 saturated carbocycles. The summed E-state index contributed by atoms with van der Waals surface area (Å²) in [5.74, 6) is 22.1. The van der Waals surface area contributed by atoms with Gasteiger partial charge < -0.3 is 28.7 Å². The molecule has 2 heterocycles. The summed E-state index contributed by atoms with van der Waals surface area (Å²) in [6, 6.07) is 64.2. The highest BCUT2D eigenvalue weighted by Crippen LogP contribution is 2.62. The number of nitrogens with zero attached hydrogens (tertiary/aromatic N) is 2. The lowest BCUT2D eigenvalue weighted by atomic mass is 9.72. The quantitative estimate of drug-likeness (QED) is 0.00932. The molecular formula is C142H160N2O6. The van der Waals surface area contributed by atoms with E-state index in [-0.39, 0.29) is 38.4 Å². The van der Waals surface area contributed by atoms with E-state index in [1.165, 1.54) is 407 Å². The lowest BCUT2D eigenvalue weighted by molar-refractivity contribution is 0.0443. The van der Waals surface area contributed by atoms with E-state index in [0.717, 1.165) is 147 Å². The Balaban J connectivity index is 0.633. The standard InChI is InChI=1S/C142H160N2O6/c1-5-9-13-17-21-25-29-33-37-41-45-97-77-113-114-78-98(46-42-38-34-30-26-22-18-14-10-6-2)82-118-123-87-102(52-50-96-55-71-112(72-56-96)148-74-76-150-142(146)104-63-67-110(68-64-104)144-93-127-107-59-60-108(90-107)128(127)94-144)88-124-120-84-100(48-44-40-36-32-28-24-20-16-12-8-4)80-116-115-79-99(47-43-39-35-31-27-23-19-15-11-7-3)83-119-122-86-101(85-121-117(81-97)129(113)135-136(130(114)118)140(134(123)124)138(132(116)120)137(131(115)119)139(135)133(121)122)51-49-95-53-69-111(70-54-95)147-73-75-149-141(145)103-61-65-109(66-62-103)143-91-125-105-57-58-106(89-105)126(125)92-143/h53-72,77-88,105-108,125-128H,5-48,73-76,89-94H2,1-4H3/t105-,106+,107-,108+,125-,126+,127-,128+. The van der Waals surface area contributed by atoms with E-state index < -0.39 is 0 Å². The van der Waals surface area contributed by atoms with Gasteiger partial charge in [-0.2, -0.15) is 0 Å². The third kappa shape index (κ3) is 21.2. The van der Waals surface area contributed by atoms with Crippen molar-refractivity contribution < 1.29 is 28.5 Å². The van der Waals surface area contributed by atoms with Crippen molar-refractivity contribution in [3.8, 4) is 35.2 Å². The normalized spacial score (nSPS) is 18.2. The number of allylic oxidation sites excluding steroid dienone is 4. The summed E-state index contributed by atoms with van der Waals surface area (Å²) in [6.07, 6.45) is 68.7. The van der Waals surface area contributed by atoms with E-state index >= 15 is 0 Å². The minimum atomic E-state index is -0.328. The molecule has 8 atom stereocenters. The van der Waals surface area contributed by atoms with E-state index in [9.17, 15) is 9.59 Å². The number of unbranched alkanes of at least 4 members (excludes halogenated alkanes) is 36. The number of hydrogen-bond donors (Lipinski definition) is 0. The van der Waals surface area contributed by atoms with Gasteiger partial charge in [0.05, 0.1) is 11.1 Å². The minimum absolute atomic E-state index is 0.145. The van der Waals surface area contributed by atoms with Crippen molar-refractivity contribution in [1.82, 2.24) is 0 Å². The Morgan fingerprint density at radius 2 is 0.453 bits per heavy atom. The van der Waals surface area contributed by atoms with Crippen LogP contribution in [0.15, 0.2) is 194 Å². The number of ether oxygens (including phenoxy) is 4. The zero-order chi connectivity index (χ0) is 101. The molecule has 0 radical (unpaired) electrons. The first kappa shape index (κ1) is 101. The molecule has 17 aromatic carbocycles. The lowest BCUT2D eigenvalue weighted by Gasteiger charge is -2.30. The van der Waals surface area contributed by atoms with Gasteiger partial charge in [0.15, 0.2) is 0 Å². The van der Waals surface area contributed by atoms with Gasteiger partial charge in [-0.3, -0.25) is 0 Å². The molecule has 23 rings (SSSR count). The van der Waals surface area contributed by atoms with Crippen LogP contribution in [0.25, 0.3) is 129 Å². The zero-order valence-electron chi connectivity index (χ0n) is 90.6. The van der Waals surface area contributed by atoms with Gasteiger partial charge in [0.1, 0.15) is 37.9 Å². The van der Waals surface area contributed by atoms with Crippen LogP contribution >= 0.6 is 0 Å². The molecule has 2 saturated heterocycles. The molecule has 0 spiro atoms. The molecule has 0 N–H and O–H groups in total. The molecule has 774 valence electrons. The highest BCUT2D eigenvalue weighted by molar-refractivity contribution is 6.61. The number of fused-ring (bicyclic) bond motifs is 16. The maximum Gasteiger partial charge on any atom is 0.338 e. The van der Waals surface area contributed by atoms with Gasteiger partial charge >= 0.3 is 11.9 Å². The predicted molar refractivity (Wildman–Crippen MR) is 635 cm³/mol. The summed E-state index contributed by atoms with van der Waals surface area (Å²) in [5.41, 5.74) is 13.1. The highest BCUT2D eigenvalue weighted by Gasteiger charge is 2.51. The van der Waals surface area contributed by atoms with Gasteiger partial charge in [-0.05, 0) is 384 Å². The molecule has 8 heteroatoms. The van der Waals surface area contributed by atoms with Crippen molar-refractivity contribution in [2.75, 3.05) is 62.4 Å². The third-order valence-corrected chi connectivity index (χ3v) is 36.9. The van der Waals surface area contributed by atoms with Crippen molar-refractivity contribution in [1.29, 1.82) is 0 Å². The molecule has 0 amide bonds. The van der Waals surface area contributed by atoms with Crippen LogP contribution in [0.2, 0.25) is 0 Å². The second kappa shape index (κ2) is 47.2. The second-order valence-corrected chi connectivity index (χ2v) is 47.1. The Bertz CT molecular complexity index is 6940. The Labute approximate surface area is 892 Å². The monoisotopic (exact) mass is 1990 g/mol. The van der Waals surface area contributed by atoms with Crippen LogP contribution in [0.5, 0.6) is 11.5 Å². The first-order valence-electron chi connectivity index (χ1n) is 60.3. The molecule has 17 aromatic rings. The van der Waals surface area contributed by atoms with Gasteiger partial charge in [0, 0.05) is 59.8 Å². The molecule has 4 bridgehead atoms. The van der Waals surface area contributed by atoms with Gasteiger partial charge in [0.2, 0.25) is 0 Å². The molecule has 6 aliphatic rings. The van der Waals surface area contributed by atoms with Gasteiger partial charge in [-0.25, -0.2) is 9.59 Å². The summed E-state index contributed by atoms with van der Waals surface area (Å²) < 4.78 is 24.4. The fourth-order valence-corrected chi connectivity index (χ4v) is 29.1. The van der Waals surface area contributed by atoms with Gasteiger partial charge in [-0.1, -0.05) is 355 Å². The van der Waals surface area contributed by atoms with E-state index in [1.54, 1.807) is 0 Å².